The maximum absolute atomic E-state index is 12.6. The van der Waals surface area contributed by atoms with Crippen molar-refractivity contribution in [2.45, 2.75) is 0 Å². The molecule has 24 heavy (non-hydrogen) atoms. The zero-order chi connectivity index (χ0) is 17.2. The quantitative estimate of drug-likeness (QED) is 0.568. The molecule has 0 aromatic heterocycles. The van der Waals surface area contributed by atoms with Crippen LogP contribution in [-0.4, -0.2) is 74.4 Å². The van der Waals surface area contributed by atoms with Crippen LogP contribution in [0.3, 0.4) is 0 Å². The van der Waals surface area contributed by atoms with Crippen LogP contribution in [0.4, 0.5) is 11.4 Å². The van der Waals surface area contributed by atoms with Crippen LogP contribution in [0.5, 0.6) is 0 Å². The maximum Gasteiger partial charge on any atom is 0.282 e. The molecule has 0 radical (unpaired) electrons. The minimum atomic E-state index is -3.44. The van der Waals surface area contributed by atoms with Gasteiger partial charge in [-0.05, 0) is 12.1 Å². The number of non-ortho nitro benzene ring substituents is 1. The van der Waals surface area contributed by atoms with Crippen molar-refractivity contribution in [3.8, 4) is 0 Å². The number of nitrogens with zero attached hydrogens (tertiary/aromatic N) is 4. The molecule has 2 saturated heterocycles. The van der Waals surface area contributed by atoms with Gasteiger partial charge in [0.05, 0.1) is 18.1 Å². The fourth-order valence-corrected chi connectivity index (χ4v) is 4.46. The van der Waals surface area contributed by atoms with E-state index in [1.807, 2.05) is 4.90 Å². The molecular formula is C14H20N4O5S. The summed E-state index contributed by atoms with van der Waals surface area (Å²) >= 11 is 0. The Hall–Kier alpha value is -1.75. The Kier molecular flexibility index (Phi) is 4.99. The number of nitro benzene ring substituents is 1. The van der Waals surface area contributed by atoms with Gasteiger partial charge in [0.25, 0.3) is 15.9 Å². The van der Waals surface area contributed by atoms with E-state index in [0.29, 0.717) is 52.5 Å². The number of anilines is 1. The van der Waals surface area contributed by atoms with Gasteiger partial charge in [0, 0.05) is 57.1 Å². The summed E-state index contributed by atoms with van der Waals surface area (Å²) in [7, 11) is -3.44. The van der Waals surface area contributed by atoms with Gasteiger partial charge in [0.2, 0.25) is 0 Å². The number of ether oxygens (including phenoxy) is 1. The molecule has 0 atom stereocenters. The predicted molar refractivity (Wildman–Crippen MR) is 88.2 cm³/mol. The van der Waals surface area contributed by atoms with E-state index in [1.54, 1.807) is 12.1 Å². The second-order valence-electron chi connectivity index (χ2n) is 5.68. The lowest BCUT2D eigenvalue weighted by atomic mass is 10.2. The van der Waals surface area contributed by atoms with Crippen LogP contribution in [-0.2, 0) is 14.9 Å². The first-order valence-corrected chi connectivity index (χ1v) is 9.20. The second-order valence-corrected chi connectivity index (χ2v) is 7.61. The summed E-state index contributed by atoms with van der Waals surface area (Å²) in [5.41, 5.74) is 0.913. The second kappa shape index (κ2) is 7.01. The Morgan fingerprint density at radius 2 is 1.46 bits per heavy atom. The highest BCUT2D eigenvalue weighted by molar-refractivity contribution is 7.86. The molecule has 2 heterocycles. The molecule has 132 valence electrons. The Morgan fingerprint density at radius 3 is 2.00 bits per heavy atom. The zero-order valence-electron chi connectivity index (χ0n) is 13.2. The summed E-state index contributed by atoms with van der Waals surface area (Å²) in [4.78, 5) is 12.3. The molecule has 2 aliphatic rings. The van der Waals surface area contributed by atoms with Gasteiger partial charge in [-0.25, -0.2) is 0 Å². The highest BCUT2D eigenvalue weighted by Gasteiger charge is 2.33. The zero-order valence-corrected chi connectivity index (χ0v) is 14.0. The average Bonchev–Trinajstić information content (AvgIpc) is 2.62. The molecular weight excluding hydrogens is 336 g/mol. The van der Waals surface area contributed by atoms with Crippen LogP contribution < -0.4 is 4.90 Å². The molecule has 10 heteroatoms. The van der Waals surface area contributed by atoms with Gasteiger partial charge >= 0.3 is 0 Å². The molecule has 9 nitrogen and oxygen atoms in total. The summed E-state index contributed by atoms with van der Waals surface area (Å²) in [6.07, 6.45) is 0. The molecule has 0 amide bonds. The lowest BCUT2D eigenvalue weighted by Gasteiger charge is -2.38. The number of hydrogen-bond acceptors (Lipinski definition) is 6. The monoisotopic (exact) mass is 356 g/mol. The SMILES string of the molecule is O=[N+]([O-])c1ccc(N2CCN(S(=O)(=O)N3CCOCC3)CC2)cc1. The third-order valence-corrected chi connectivity index (χ3v) is 6.32. The molecule has 0 saturated carbocycles. The van der Waals surface area contributed by atoms with Gasteiger partial charge in [-0.1, -0.05) is 0 Å². The molecule has 1 aromatic rings. The Balaban J connectivity index is 1.61. The highest BCUT2D eigenvalue weighted by Crippen LogP contribution is 2.22. The van der Waals surface area contributed by atoms with Crippen molar-refractivity contribution in [1.29, 1.82) is 0 Å². The number of hydrogen-bond donors (Lipinski definition) is 0. The predicted octanol–water partition coefficient (Wildman–Crippen LogP) is 0.294. The van der Waals surface area contributed by atoms with Crippen molar-refractivity contribution in [2.24, 2.45) is 0 Å². The van der Waals surface area contributed by atoms with Crippen LogP contribution in [0.1, 0.15) is 0 Å². The van der Waals surface area contributed by atoms with Crippen molar-refractivity contribution in [3.63, 3.8) is 0 Å². The summed E-state index contributed by atoms with van der Waals surface area (Å²) in [5.74, 6) is 0. The van der Waals surface area contributed by atoms with Gasteiger partial charge in [-0.3, -0.25) is 10.1 Å². The third kappa shape index (κ3) is 3.51. The van der Waals surface area contributed by atoms with Crippen LogP contribution in [0, 0.1) is 10.1 Å². The number of morpholine rings is 1. The fourth-order valence-electron chi connectivity index (χ4n) is 2.90. The van der Waals surface area contributed by atoms with E-state index < -0.39 is 15.1 Å². The van der Waals surface area contributed by atoms with Crippen molar-refractivity contribution < 1.29 is 18.1 Å². The van der Waals surface area contributed by atoms with E-state index in [0.717, 1.165) is 5.69 Å². The molecule has 0 N–H and O–H groups in total. The molecule has 0 aliphatic carbocycles. The third-order valence-electron chi connectivity index (χ3n) is 4.29. The van der Waals surface area contributed by atoms with Gasteiger partial charge in [0.15, 0.2) is 0 Å². The molecule has 0 unspecified atom stereocenters. The fraction of sp³-hybridized carbons (Fsp3) is 0.571. The molecule has 1 aromatic carbocycles. The summed E-state index contributed by atoms with van der Waals surface area (Å²) in [6.45, 7) is 3.57. The number of rotatable bonds is 4. The molecule has 2 aliphatic heterocycles. The summed E-state index contributed by atoms with van der Waals surface area (Å²) < 4.78 is 33.4. The first-order chi connectivity index (χ1) is 11.5. The van der Waals surface area contributed by atoms with Crippen molar-refractivity contribution in [3.05, 3.63) is 34.4 Å². The first kappa shape index (κ1) is 17.1. The molecule has 0 bridgehead atoms. The Labute approximate surface area is 140 Å². The van der Waals surface area contributed by atoms with E-state index in [1.165, 1.54) is 20.7 Å². The van der Waals surface area contributed by atoms with E-state index in [4.69, 9.17) is 4.74 Å². The van der Waals surface area contributed by atoms with Crippen LogP contribution >= 0.6 is 0 Å². The smallest absolute Gasteiger partial charge is 0.282 e. The summed E-state index contributed by atoms with van der Waals surface area (Å²) in [5, 5.41) is 10.7. The van der Waals surface area contributed by atoms with E-state index >= 15 is 0 Å². The summed E-state index contributed by atoms with van der Waals surface area (Å²) in [6, 6.07) is 6.33. The van der Waals surface area contributed by atoms with Crippen LogP contribution in [0.15, 0.2) is 24.3 Å². The van der Waals surface area contributed by atoms with Gasteiger partial charge in [-0.15, -0.1) is 0 Å². The van der Waals surface area contributed by atoms with Gasteiger partial charge in [0.1, 0.15) is 0 Å². The van der Waals surface area contributed by atoms with Gasteiger partial charge in [-0.2, -0.15) is 17.0 Å². The number of piperazine rings is 1. The van der Waals surface area contributed by atoms with Crippen LogP contribution in [0.25, 0.3) is 0 Å². The van der Waals surface area contributed by atoms with E-state index in [-0.39, 0.29) is 5.69 Å². The average molecular weight is 356 g/mol. The Morgan fingerprint density at radius 1 is 0.917 bits per heavy atom. The van der Waals surface area contributed by atoms with Gasteiger partial charge < -0.3 is 9.64 Å². The number of nitro groups is 1. The largest absolute Gasteiger partial charge is 0.379 e. The van der Waals surface area contributed by atoms with E-state index in [2.05, 4.69) is 0 Å². The first-order valence-electron chi connectivity index (χ1n) is 7.81. The van der Waals surface area contributed by atoms with Crippen molar-refractivity contribution in [2.75, 3.05) is 57.4 Å². The number of benzene rings is 1. The molecule has 3 rings (SSSR count). The molecule has 2 fully saturated rings. The van der Waals surface area contributed by atoms with Crippen LogP contribution in [0.2, 0.25) is 0 Å². The normalized spacial score (nSPS) is 20.9. The highest BCUT2D eigenvalue weighted by atomic mass is 32.2. The Bertz CT molecular complexity index is 680. The van der Waals surface area contributed by atoms with Crippen molar-refractivity contribution in [1.82, 2.24) is 8.61 Å². The lowest BCUT2D eigenvalue weighted by molar-refractivity contribution is -0.384. The molecule has 0 spiro atoms. The minimum Gasteiger partial charge on any atom is -0.379 e. The van der Waals surface area contributed by atoms with E-state index in [9.17, 15) is 18.5 Å². The lowest BCUT2D eigenvalue weighted by Crippen LogP contribution is -2.55. The standard InChI is InChI=1S/C14H20N4O5S/c19-18(20)14-3-1-13(2-4-14)15-5-7-16(8-6-15)24(21,22)17-9-11-23-12-10-17/h1-4H,5-12H2. The minimum absolute atomic E-state index is 0.0484. The van der Waals surface area contributed by atoms with Crippen molar-refractivity contribution >= 4 is 21.6 Å². The topological polar surface area (TPSA) is 96.2 Å². The maximum atomic E-state index is 12.6.